The van der Waals surface area contributed by atoms with Crippen molar-refractivity contribution in [3.63, 3.8) is 0 Å². The summed E-state index contributed by atoms with van der Waals surface area (Å²) in [6.07, 6.45) is 0. The lowest BCUT2D eigenvalue weighted by molar-refractivity contribution is -0.113. The molecule has 1 aromatic heterocycles. The number of nitrogens with zero attached hydrogens (tertiary/aromatic N) is 2. The van der Waals surface area contributed by atoms with Crippen LogP contribution in [0.5, 0.6) is 0 Å². The van der Waals surface area contributed by atoms with E-state index in [1.807, 2.05) is 0 Å². The van der Waals surface area contributed by atoms with E-state index >= 15 is 0 Å². The van der Waals surface area contributed by atoms with Gasteiger partial charge in [0.2, 0.25) is 21.1 Å². The second-order valence-corrected chi connectivity index (χ2v) is 7.61. The highest BCUT2D eigenvalue weighted by Gasteiger charge is 2.09. The minimum Gasteiger partial charge on any atom is -0.374 e. The Morgan fingerprint density at radius 1 is 1.29 bits per heavy atom. The van der Waals surface area contributed by atoms with Crippen LogP contribution >= 0.6 is 23.1 Å². The molecule has 0 aliphatic rings. The van der Waals surface area contributed by atoms with Gasteiger partial charge in [-0.15, -0.1) is 10.2 Å². The Kier molecular flexibility index (Phi) is 4.77. The fourth-order valence-corrected chi connectivity index (χ4v) is 3.28. The second kappa shape index (κ2) is 6.39. The van der Waals surface area contributed by atoms with E-state index in [-0.39, 0.29) is 16.6 Å². The van der Waals surface area contributed by atoms with E-state index in [1.54, 1.807) is 0 Å². The number of hydrogen-bond acceptors (Lipinski definition) is 8. The topological polar surface area (TPSA) is 141 Å². The fraction of sp³-hybridized carbons (Fsp3) is 0.100. The average molecular weight is 345 g/mol. The Hall–Kier alpha value is -1.69. The number of benzene rings is 1. The van der Waals surface area contributed by atoms with E-state index in [0.717, 1.165) is 0 Å². The van der Waals surface area contributed by atoms with Crippen molar-refractivity contribution in [1.29, 1.82) is 0 Å². The van der Waals surface area contributed by atoms with Gasteiger partial charge in [-0.1, -0.05) is 23.1 Å². The molecule has 2 aromatic rings. The van der Waals surface area contributed by atoms with Crippen molar-refractivity contribution in [3.8, 4) is 0 Å². The molecule has 0 aliphatic heterocycles. The predicted molar refractivity (Wildman–Crippen MR) is 81.5 cm³/mol. The third-order valence-corrected chi connectivity index (χ3v) is 5.03. The lowest BCUT2D eigenvalue weighted by Gasteiger charge is -2.05. The second-order valence-electron chi connectivity index (χ2n) is 3.81. The number of aromatic nitrogens is 2. The number of carbonyl (C=O) groups is 1. The van der Waals surface area contributed by atoms with Gasteiger partial charge in [-0.3, -0.25) is 4.79 Å². The van der Waals surface area contributed by atoms with Crippen molar-refractivity contribution < 1.29 is 13.2 Å². The van der Waals surface area contributed by atoms with Gasteiger partial charge in [-0.25, -0.2) is 13.6 Å². The molecule has 0 saturated carbocycles. The molecule has 8 nitrogen and oxygen atoms in total. The monoisotopic (exact) mass is 345 g/mol. The van der Waals surface area contributed by atoms with Crippen LogP contribution in [0.15, 0.2) is 33.5 Å². The number of anilines is 2. The van der Waals surface area contributed by atoms with Gasteiger partial charge in [-0.05, 0) is 24.3 Å². The van der Waals surface area contributed by atoms with Crippen molar-refractivity contribution in [2.45, 2.75) is 9.24 Å². The third kappa shape index (κ3) is 4.67. The van der Waals surface area contributed by atoms with Crippen LogP contribution in [0.1, 0.15) is 0 Å². The minimum absolute atomic E-state index is 0.0146. The first-order chi connectivity index (χ1) is 9.84. The van der Waals surface area contributed by atoms with Crippen LogP contribution in [0.2, 0.25) is 0 Å². The van der Waals surface area contributed by atoms with Crippen molar-refractivity contribution in [2.75, 3.05) is 16.8 Å². The van der Waals surface area contributed by atoms with Gasteiger partial charge in [0.25, 0.3) is 0 Å². The number of rotatable bonds is 5. The SMILES string of the molecule is Nc1nnc(SCC(=O)Nc2ccc(S(N)(=O)=O)cc2)s1. The Labute approximate surface area is 129 Å². The highest BCUT2D eigenvalue weighted by Crippen LogP contribution is 2.23. The summed E-state index contributed by atoms with van der Waals surface area (Å²) in [6, 6.07) is 5.57. The van der Waals surface area contributed by atoms with Gasteiger partial charge >= 0.3 is 0 Å². The first-order valence-corrected chi connectivity index (χ1v) is 8.84. The molecule has 1 amide bonds. The summed E-state index contributed by atoms with van der Waals surface area (Å²) in [6.45, 7) is 0. The van der Waals surface area contributed by atoms with Gasteiger partial charge in [0.05, 0.1) is 10.6 Å². The minimum atomic E-state index is -3.73. The molecule has 112 valence electrons. The van der Waals surface area contributed by atoms with Gasteiger partial charge in [0, 0.05) is 5.69 Å². The number of thioether (sulfide) groups is 1. The summed E-state index contributed by atoms with van der Waals surface area (Å²) in [5, 5.41) is 15.4. The standard InChI is InChI=1S/C10H11N5O3S3/c11-9-14-15-10(20-9)19-5-8(16)13-6-1-3-7(4-2-6)21(12,17)18/h1-4H,5H2,(H2,11,14)(H,13,16)(H2,12,17,18). The summed E-state index contributed by atoms with van der Waals surface area (Å²) in [4.78, 5) is 11.7. The van der Waals surface area contributed by atoms with E-state index in [2.05, 4.69) is 15.5 Å². The molecule has 1 aromatic carbocycles. The molecule has 0 atom stereocenters. The molecule has 0 saturated heterocycles. The molecule has 1 heterocycles. The zero-order valence-corrected chi connectivity index (χ0v) is 13.0. The molecular weight excluding hydrogens is 334 g/mol. The normalized spacial score (nSPS) is 11.3. The number of nitrogens with one attached hydrogen (secondary N) is 1. The first-order valence-electron chi connectivity index (χ1n) is 5.49. The van der Waals surface area contributed by atoms with Crippen LogP contribution in [-0.2, 0) is 14.8 Å². The van der Waals surface area contributed by atoms with Crippen molar-refractivity contribution >= 4 is 49.8 Å². The smallest absolute Gasteiger partial charge is 0.238 e. The first kappa shape index (κ1) is 15.7. The Bertz CT molecular complexity index is 742. The Morgan fingerprint density at radius 3 is 2.48 bits per heavy atom. The highest BCUT2D eigenvalue weighted by atomic mass is 32.2. The zero-order chi connectivity index (χ0) is 15.5. The van der Waals surface area contributed by atoms with E-state index in [1.165, 1.54) is 47.4 Å². The number of nitrogen functional groups attached to an aromatic ring is 1. The molecular formula is C10H11N5O3S3. The summed E-state index contributed by atoms with van der Waals surface area (Å²) in [7, 11) is -3.73. The highest BCUT2D eigenvalue weighted by molar-refractivity contribution is 8.01. The molecule has 0 aliphatic carbocycles. The van der Waals surface area contributed by atoms with Crippen molar-refractivity contribution in [1.82, 2.24) is 10.2 Å². The van der Waals surface area contributed by atoms with Crippen molar-refractivity contribution in [2.24, 2.45) is 5.14 Å². The molecule has 0 unspecified atom stereocenters. The molecule has 0 fully saturated rings. The van der Waals surface area contributed by atoms with Gasteiger partial charge in [-0.2, -0.15) is 0 Å². The number of nitrogens with two attached hydrogens (primary N) is 2. The number of amides is 1. The quantitative estimate of drug-likeness (QED) is 0.670. The molecule has 5 N–H and O–H groups in total. The summed E-state index contributed by atoms with van der Waals surface area (Å²) in [5.41, 5.74) is 5.91. The van der Waals surface area contributed by atoms with E-state index < -0.39 is 10.0 Å². The maximum atomic E-state index is 11.7. The van der Waals surface area contributed by atoms with Crippen LogP contribution < -0.4 is 16.2 Å². The summed E-state index contributed by atoms with van der Waals surface area (Å²) < 4.78 is 22.8. The van der Waals surface area contributed by atoms with E-state index in [4.69, 9.17) is 10.9 Å². The molecule has 11 heteroatoms. The van der Waals surface area contributed by atoms with Crippen molar-refractivity contribution in [3.05, 3.63) is 24.3 Å². The lowest BCUT2D eigenvalue weighted by atomic mass is 10.3. The molecule has 0 spiro atoms. The van der Waals surface area contributed by atoms with Gasteiger partial charge in [0.15, 0.2) is 4.34 Å². The lowest BCUT2D eigenvalue weighted by Crippen LogP contribution is -2.15. The Balaban J connectivity index is 1.90. The van der Waals surface area contributed by atoms with Gasteiger partial charge in [0.1, 0.15) is 0 Å². The van der Waals surface area contributed by atoms with Crippen LogP contribution in [0, 0.1) is 0 Å². The molecule has 2 rings (SSSR count). The fourth-order valence-electron chi connectivity index (χ4n) is 1.33. The maximum Gasteiger partial charge on any atom is 0.238 e. The molecule has 0 radical (unpaired) electrons. The van der Waals surface area contributed by atoms with Crippen LogP contribution in [0.3, 0.4) is 0 Å². The van der Waals surface area contributed by atoms with Crippen LogP contribution in [0.25, 0.3) is 0 Å². The van der Waals surface area contributed by atoms with E-state index in [9.17, 15) is 13.2 Å². The third-order valence-electron chi connectivity index (χ3n) is 2.22. The van der Waals surface area contributed by atoms with Crippen LogP contribution in [-0.4, -0.2) is 30.3 Å². The predicted octanol–water partition coefficient (Wildman–Crippen LogP) is 0.499. The Morgan fingerprint density at radius 2 is 1.95 bits per heavy atom. The maximum absolute atomic E-state index is 11.7. The average Bonchev–Trinajstić information content (AvgIpc) is 2.82. The van der Waals surface area contributed by atoms with Crippen LogP contribution in [0.4, 0.5) is 10.8 Å². The van der Waals surface area contributed by atoms with Gasteiger partial charge < -0.3 is 11.1 Å². The van der Waals surface area contributed by atoms with E-state index in [0.29, 0.717) is 15.2 Å². The largest absolute Gasteiger partial charge is 0.374 e. The number of primary sulfonamides is 1. The summed E-state index contributed by atoms with van der Waals surface area (Å²) >= 11 is 2.41. The number of carbonyl (C=O) groups excluding carboxylic acids is 1. The molecule has 21 heavy (non-hydrogen) atoms. The zero-order valence-electron chi connectivity index (χ0n) is 10.5. The number of hydrogen-bond donors (Lipinski definition) is 3. The number of sulfonamides is 1. The summed E-state index contributed by atoms with van der Waals surface area (Å²) in [5.74, 6) is -0.108. The molecule has 0 bridgehead atoms.